The summed E-state index contributed by atoms with van der Waals surface area (Å²) in [6.45, 7) is 2.58. The molecule has 4 heteroatoms. The summed E-state index contributed by atoms with van der Waals surface area (Å²) < 4.78 is 6.98. The number of carbonyl (C=O) groups excluding carboxylic acids is 1. The zero-order valence-electron chi connectivity index (χ0n) is 9.13. The van der Waals surface area contributed by atoms with Crippen LogP contribution in [0.15, 0.2) is 27.1 Å². The highest BCUT2D eigenvalue weighted by Gasteiger charge is 2.09. The number of hydrogen-bond acceptors (Lipinski definition) is 2. The number of benzene rings is 1. The van der Waals surface area contributed by atoms with Gasteiger partial charge in [0, 0.05) is 8.95 Å². The second-order valence-electron chi connectivity index (χ2n) is 3.46. The normalized spacial score (nSPS) is 10.2. The maximum absolute atomic E-state index is 11.5. The minimum Gasteiger partial charge on any atom is -0.465 e. The van der Waals surface area contributed by atoms with Gasteiger partial charge in [0.2, 0.25) is 0 Å². The van der Waals surface area contributed by atoms with Crippen molar-refractivity contribution >= 4 is 37.8 Å². The third-order valence-corrected chi connectivity index (χ3v) is 4.26. The van der Waals surface area contributed by atoms with Crippen LogP contribution in [-0.4, -0.2) is 12.6 Å². The summed E-state index contributed by atoms with van der Waals surface area (Å²) in [5.74, 6) is -0.174. The van der Waals surface area contributed by atoms with Crippen molar-refractivity contribution in [1.29, 1.82) is 0 Å². The summed E-state index contributed by atoms with van der Waals surface area (Å²) in [4.78, 5) is 11.5. The lowest BCUT2D eigenvalue weighted by atomic mass is 10.1. The Hall–Kier alpha value is -0.350. The zero-order chi connectivity index (χ0) is 12.0. The first-order chi connectivity index (χ1) is 7.65. The van der Waals surface area contributed by atoms with Crippen LogP contribution in [0.25, 0.3) is 0 Å². The molecule has 2 nitrogen and oxygen atoms in total. The van der Waals surface area contributed by atoms with Gasteiger partial charge < -0.3 is 4.74 Å². The molecular weight excluding hydrogens is 336 g/mol. The van der Waals surface area contributed by atoms with E-state index in [9.17, 15) is 4.79 Å². The molecule has 0 fully saturated rings. The van der Waals surface area contributed by atoms with Gasteiger partial charge in [0.05, 0.1) is 13.0 Å². The predicted octanol–water partition coefficient (Wildman–Crippen LogP) is 4.10. The molecule has 0 heterocycles. The van der Waals surface area contributed by atoms with Gasteiger partial charge in [-0.15, -0.1) is 0 Å². The summed E-state index contributed by atoms with van der Waals surface area (Å²) in [6, 6.07) is 5.75. The number of halogens is 2. The quantitative estimate of drug-likeness (QED) is 0.591. The van der Waals surface area contributed by atoms with Gasteiger partial charge in [-0.05, 0) is 49.9 Å². The molecule has 1 aromatic carbocycles. The molecule has 0 atom stereocenters. The highest BCUT2D eigenvalue weighted by molar-refractivity contribution is 9.13. The first-order valence-corrected chi connectivity index (χ1v) is 6.82. The minimum absolute atomic E-state index is 0.174. The van der Waals surface area contributed by atoms with Gasteiger partial charge in [-0.25, -0.2) is 0 Å². The number of ether oxygens (including phenoxy) is 1. The Kier molecular flexibility index (Phi) is 6.06. The van der Waals surface area contributed by atoms with Crippen LogP contribution < -0.4 is 0 Å². The molecule has 0 saturated carbocycles. The van der Waals surface area contributed by atoms with Crippen molar-refractivity contribution in [3.05, 3.63) is 32.7 Å². The molecule has 0 bridgehead atoms. The van der Waals surface area contributed by atoms with E-state index in [4.69, 9.17) is 4.74 Å². The average molecular weight is 350 g/mol. The Balaban J connectivity index is 2.53. The van der Waals surface area contributed by atoms with Gasteiger partial charge in [-0.1, -0.05) is 25.5 Å². The molecule has 1 aromatic rings. The Morgan fingerprint density at radius 3 is 2.81 bits per heavy atom. The average Bonchev–Trinajstić information content (AvgIpc) is 2.25. The summed E-state index contributed by atoms with van der Waals surface area (Å²) in [7, 11) is 0. The molecule has 1 rings (SSSR count). The lowest BCUT2D eigenvalue weighted by Gasteiger charge is -2.06. The van der Waals surface area contributed by atoms with E-state index in [0.29, 0.717) is 13.0 Å². The fraction of sp³-hybridized carbons (Fsp3) is 0.417. The number of esters is 1. The van der Waals surface area contributed by atoms with E-state index in [-0.39, 0.29) is 5.97 Å². The highest BCUT2D eigenvalue weighted by atomic mass is 79.9. The summed E-state index contributed by atoms with van der Waals surface area (Å²) in [6.07, 6.45) is 2.27. The van der Waals surface area contributed by atoms with Gasteiger partial charge in [0.25, 0.3) is 0 Å². The SMILES string of the molecule is CCCCOC(=O)Cc1cccc(Br)c1Br. The fourth-order valence-electron chi connectivity index (χ4n) is 1.22. The van der Waals surface area contributed by atoms with Crippen molar-refractivity contribution in [2.75, 3.05) is 6.61 Å². The van der Waals surface area contributed by atoms with Crippen molar-refractivity contribution < 1.29 is 9.53 Å². The van der Waals surface area contributed by atoms with Crippen molar-refractivity contribution in [3.63, 3.8) is 0 Å². The van der Waals surface area contributed by atoms with Crippen LogP contribution >= 0.6 is 31.9 Å². The standard InChI is InChI=1S/C12H14Br2O2/c1-2-3-7-16-11(15)8-9-5-4-6-10(13)12(9)14/h4-6H,2-3,7-8H2,1H3. The Labute approximate surface area is 113 Å². The summed E-state index contributed by atoms with van der Waals surface area (Å²) in [5, 5.41) is 0. The molecule has 0 aromatic heterocycles. The van der Waals surface area contributed by atoms with Crippen LogP contribution in [-0.2, 0) is 16.0 Å². The smallest absolute Gasteiger partial charge is 0.310 e. The molecule has 0 radical (unpaired) electrons. The lowest BCUT2D eigenvalue weighted by molar-refractivity contribution is -0.142. The van der Waals surface area contributed by atoms with E-state index in [1.807, 2.05) is 18.2 Å². The van der Waals surface area contributed by atoms with Gasteiger partial charge in [0.1, 0.15) is 0 Å². The van der Waals surface area contributed by atoms with E-state index in [1.54, 1.807) is 0 Å². The number of rotatable bonds is 5. The van der Waals surface area contributed by atoms with Crippen molar-refractivity contribution in [2.45, 2.75) is 26.2 Å². The Morgan fingerprint density at radius 2 is 2.12 bits per heavy atom. The van der Waals surface area contributed by atoms with Gasteiger partial charge in [-0.2, -0.15) is 0 Å². The summed E-state index contributed by atoms with van der Waals surface area (Å²) >= 11 is 6.84. The molecule has 0 spiro atoms. The molecule has 0 N–H and O–H groups in total. The predicted molar refractivity (Wildman–Crippen MR) is 71.4 cm³/mol. The lowest BCUT2D eigenvalue weighted by Crippen LogP contribution is -2.09. The van der Waals surface area contributed by atoms with Gasteiger partial charge in [-0.3, -0.25) is 4.79 Å². The molecule has 88 valence electrons. The molecule has 0 unspecified atom stereocenters. The van der Waals surface area contributed by atoms with Crippen LogP contribution in [0.1, 0.15) is 25.3 Å². The van der Waals surface area contributed by atoms with Crippen LogP contribution in [0.2, 0.25) is 0 Å². The highest BCUT2D eigenvalue weighted by Crippen LogP contribution is 2.26. The maximum atomic E-state index is 11.5. The Bertz CT molecular complexity index is 364. The van der Waals surface area contributed by atoms with Crippen molar-refractivity contribution in [1.82, 2.24) is 0 Å². The topological polar surface area (TPSA) is 26.3 Å². The van der Waals surface area contributed by atoms with Crippen LogP contribution in [0.4, 0.5) is 0 Å². The van der Waals surface area contributed by atoms with E-state index in [2.05, 4.69) is 38.8 Å². The maximum Gasteiger partial charge on any atom is 0.310 e. The molecule has 0 aliphatic rings. The second kappa shape index (κ2) is 7.07. The monoisotopic (exact) mass is 348 g/mol. The third kappa shape index (κ3) is 4.26. The minimum atomic E-state index is -0.174. The van der Waals surface area contributed by atoms with E-state index < -0.39 is 0 Å². The molecule has 0 saturated heterocycles. The molecule has 0 aliphatic carbocycles. The number of hydrogen-bond donors (Lipinski definition) is 0. The van der Waals surface area contributed by atoms with E-state index >= 15 is 0 Å². The number of carbonyl (C=O) groups is 1. The second-order valence-corrected chi connectivity index (χ2v) is 5.11. The van der Waals surface area contributed by atoms with E-state index in [1.165, 1.54) is 0 Å². The number of unbranched alkanes of at least 4 members (excludes halogenated alkanes) is 1. The molecule has 16 heavy (non-hydrogen) atoms. The fourth-order valence-corrected chi connectivity index (χ4v) is 2.03. The van der Waals surface area contributed by atoms with Gasteiger partial charge in [0.15, 0.2) is 0 Å². The molecular formula is C12H14Br2O2. The van der Waals surface area contributed by atoms with Gasteiger partial charge >= 0.3 is 5.97 Å². The van der Waals surface area contributed by atoms with E-state index in [0.717, 1.165) is 27.4 Å². The van der Waals surface area contributed by atoms with Crippen LogP contribution in [0, 0.1) is 0 Å². The molecule has 0 amide bonds. The molecule has 0 aliphatic heterocycles. The summed E-state index contributed by atoms with van der Waals surface area (Å²) in [5.41, 5.74) is 0.941. The van der Waals surface area contributed by atoms with Crippen LogP contribution in [0.5, 0.6) is 0 Å². The Morgan fingerprint density at radius 1 is 1.38 bits per heavy atom. The van der Waals surface area contributed by atoms with Crippen molar-refractivity contribution in [2.24, 2.45) is 0 Å². The first kappa shape index (κ1) is 13.7. The third-order valence-electron chi connectivity index (χ3n) is 2.13. The first-order valence-electron chi connectivity index (χ1n) is 5.23. The zero-order valence-corrected chi connectivity index (χ0v) is 12.3. The van der Waals surface area contributed by atoms with Crippen LogP contribution in [0.3, 0.4) is 0 Å². The van der Waals surface area contributed by atoms with Crippen molar-refractivity contribution in [3.8, 4) is 0 Å². The largest absolute Gasteiger partial charge is 0.465 e.